The Labute approximate surface area is 147 Å². The van der Waals surface area contributed by atoms with Crippen LogP contribution in [0.3, 0.4) is 0 Å². The molecule has 0 saturated carbocycles. The summed E-state index contributed by atoms with van der Waals surface area (Å²) in [5.74, 6) is 0.387. The van der Waals surface area contributed by atoms with Gasteiger partial charge >= 0.3 is 0 Å². The van der Waals surface area contributed by atoms with Crippen molar-refractivity contribution >= 4 is 28.9 Å². The van der Waals surface area contributed by atoms with E-state index in [-0.39, 0.29) is 5.91 Å². The minimum atomic E-state index is -0.610. The summed E-state index contributed by atoms with van der Waals surface area (Å²) in [6, 6.07) is 15.0. The van der Waals surface area contributed by atoms with Gasteiger partial charge in [0.25, 0.3) is 5.91 Å². The zero-order valence-corrected chi connectivity index (χ0v) is 14.4. The maximum absolute atomic E-state index is 12.3. The molecule has 0 radical (unpaired) electrons. The van der Waals surface area contributed by atoms with Gasteiger partial charge in [-0.3, -0.25) is 4.79 Å². The lowest BCUT2D eigenvalue weighted by Crippen LogP contribution is -2.30. The molecule has 1 fully saturated rings. The van der Waals surface area contributed by atoms with Crippen LogP contribution in [0.5, 0.6) is 5.75 Å². The maximum atomic E-state index is 12.3. The average Bonchev–Trinajstić information content (AvgIpc) is 3.10. The van der Waals surface area contributed by atoms with Crippen molar-refractivity contribution in [1.29, 1.82) is 0 Å². The van der Waals surface area contributed by atoms with E-state index >= 15 is 0 Å². The fraction of sp³-hybridized carbons (Fsp3) is 0.316. The Morgan fingerprint density at radius 2 is 1.88 bits per heavy atom. The van der Waals surface area contributed by atoms with E-state index in [0.717, 1.165) is 18.8 Å². The second kappa shape index (κ2) is 7.58. The summed E-state index contributed by atoms with van der Waals surface area (Å²) in [6.45, 7) is 3.93. The Morgan fingerprint density at radius 1 is 1.17 bits per heavy atom. The molecule has 1 unspecified atom stereocenters. The summed E-state index contributed by atoms with van der Waals surface area (Å²) in [5.41, 5.74) is 1.97. The van der Waals surface area contributed by atoms with E-state index in [1.807, 2.05) is 24.3 Å². The minimum Gasteiger partial charge on any atom is -0.481 e. The van der Waals surface area contributed by atoms with Crippen LogP contribution in [0.25, 0.3) is 0 Å². The van der Waals surface area contributed by atoms with Crippen molar-refractivity contribution in [2.45, 2.75) is 25.9 Å². The van der Waals surface area contributed by atoms with Gasteiger partial charge in [-0.25, -0.2) is 0 Å². The minimum absolute atomic E-state index is 0.191. The van der Waals surface area contributed by atoms with Crippen LogP contribution in [-0.2, 0) is 4.79 Å². The zero-order chi connectivity index (χ0) is 16.9. The second-order valence-electron chi connectivity index (χ2n) is 5.95. The molecule has 5 heteroatoms. The molecule has 3 rings (SSSR count). The third-order valence-corrected chi connectivity index (χ3v) is 4.32. The molecule has 24 heavy (non-hydrogen) atoms. The van der Waals surface area contributed by atoms with Crippen LogP contribution in [-0.4, -0.2) is 25.1 Å². The largest absolute Gasteiger partial charge is 0.481 e. The smallest absolute Gasteiger partial charge is 0.265 e. The Kier molecular flexibility index (Phi) is 5.26. The van der Waals surface area contributed by atoms with Crippen molar-refractivity contribution in [2.75, 3.05) is 23.3 Å². The fourth-order valence-corrected chi connectivity index (χ4v) is 2.95. The Balaban J connectivity index is 1.57. The van der Waals surface area contributed by atoms with Gasteiger partial charge in [0, 0.05) is 29.5 Å². The average molecular weight is 345 g/mol. The van der Waals surface area contributed by atoms with Crippen molar-refractivity contribution in [3.05, 3.63) is 53.6 Å². The van der Waals surface area contributed by atoms with E-state index < -0.39 is 6.10 Å². The van der Waals surface area contributed by atoms with Crippen LogP contribution < -0.4 is 15.0 Å². The van der Waals surface area contributed by atoms with Gasteiger partial charge in [0.05, 0.1) is 0 Å². The molecule has 4 nitrogen and oxygen atoms in total. The van der Waals surface area contributed by atoms with Crippen molar-refractivity contribution in [1.82, 2.24) is 0 Å². The van der Waals surface area contributed by atoms with Gasteiger partial charge in [-0.15, -0.1) is 0 Å². The quantitative estimate of drug-likeness (QED) is 0.876. The van der Waals surface area contributed by atoms with E-state index in [2.05, 4.69) is 10.2 Å². The molecule has 1 saturated heterocycles. The van der Waals surface area contributed by atoms with E-state index in [9.17, 15) is 4.79 Å². The van der Waals surface area contributed by atoms with Gasteiger partial charge < -0.3 is 15.0 Å². The van der Waals surface area contributed by atoms with Gasteiger partial charge in [-0.05, 0) is 62.2 Å². The molecule has 0 spiro atoms. The molecule has 1 N–H and O–H groups in total. The third kappa shape index (κ3) is 4.20. The number of hydrogen-bond acceptors (Lipinski definition) is 3. The lowest BCUT2D eigenvalue weighted by Gasteiger charge is -2.18. The Bertz CT molecular complexity index is 697. The molecule has 2 aromatic rings. The predicted octanol–water partition coefficient (Wildman–Crippen LogP) is 4.35. The molecule has 1 atom stereocenters. The van der Waals surface area contributed by atoms with Gasteiger partial charge in [0.2, 0.25) is 0 Å². The van der Waals surface area contributed by atoms with Crippen LogP contribution in [0, 0.1) is 0 Å². The van der Waals surface area contributed by atoms with Crippen LogP contribution in [0.2, 0.25) is 5.02 Å². The van der Waals surface area contributed by atoms with Gasteiger partial charge in [0.1, 0.15) is 5.75 Å². The molecule has 1 aliphatic rings. The van der Waals surface area contributed by atoms with Crippen molar-refractivity contribution in [2.24, 2.45) is 0 Å². The summed E-state index contributed by atoms with van der Waals surface area (Å²) < 4.78 is 5.63. The van der Waals surface area contributed by atoms with Gasteiger partial charge in [-0.1, -0.05) is 17.7 Å². The fourth-order valence-electron chi connectivity index (χ4n) is 2.77. The number of carbonyl (C=O) groups is 1. The molecular formula is C19H21ClN2O2. The first-order valence-electron chi connectivity index (χ1n) is 8.20. The zero-order valence-electron chi connectivity index (χ0n) is 13.7. The van der Waals surface area contributed by atoms with Gasteiger partial charge in [0.15, 0.2) is 6.10 Å². The van der Waals surface area contributed by atoms with Crippen molar-refractivity contribution in [3.8, 4) is 5.75 Å². The third-order valence-electron chi connectivity index (χ3n) is 4.08. The van der Waals surface area contributed by atoms with Crippen LogP contribution in [0.4, 0.5) is 11.4 Å². The number of carbonyl (C=O) groups excluding carboxylic acids is 1. The topological polar surface area (TPSA) is 41.6 Å². The van der Waals surface area contributed by atoms with E-state index in [1.165, 1.54) is 18.5 Å². The van der Waals surface area contributed by atoms with Crippen LogP contribution in [0.1, 0.15) is 19.8 Å². The lowest BCUT2D eigenvalue weighted by atomic mass is 10.2. The summed E-state index contributed by atoms with van der Waals surface area (Å²) in [4.78, 5) is 14.6. The molecular weight excluding hydrogens is 324 g/mol. The SMILES string of the molecule is CC(Oc1cccc(Cl)c1)C(=O)Nc1ccc(N2CCCC2)cc1. The maximum Gasteiger partial charge on any atom is 0.265 e. The lowest BCUT2D eigenvalue weighted by molar-refractivity contribution is -0.122. The summed E-state index contributed by atoms with van der Waals surface area (Å²) in [6.07, 6.45) is 1.88. The number of hydrogen-bond donors (Lipinski definition) is 1. The molecule has 1 aliphatic heterocycles. The van der Waals surface area contributed by atoms with E-state index in [4.69, 9.17) is 16.3 Å². The first-order chi connectivity index (χ1) is 11.6. The first-order valence-corrected chi connectivity index (χ1v) is 8.58. The van der Waals surface area contributed by atoms with Crippen LogP contribution in [0.15, 0.2) is 48.5 Å². The van der Waals surface area contributed by atoms with E-state index in [1.54, 1.807) is 31.2 Å². The molecule has 0 aliphatic carbocycles. The van der Waals surface area contributed by atoms with Crippen LogP contribution >= 0.6 is 11.6 Å². The normalized spacial score (nSPS) is 15.2. The summed E-state index contributed by atoms with van der Waals surface area (Å²) in [5, 5.41) is 3.46. The number of anilines is 2. The number of nitrogens with zero attached hydrogens (tertiary/aromatic N) is 1. The Hall–Kier alpha value is -2.20. The number of halogens is 1. The highest BCUT2D eigenvalue weighted by Crippen LogP contribution is 2.22. The van der Waals surface area contributed by atoms with Gasteiger partial charge in [-0.2, -0.15) is 0 Å². The first kappa shape index (κ1) is 16.7. The molecule has 1 amide bonds. The summed E-state index contributed by atoms with van der Waals surface area (Å²) >= 11 is 5.92. The van der Waals surface area contributed by atoms with E-state index in [0.29, 0.717) is 10.8 Å². The number of ether oxygens (including phenoxy) is 1. The number of benzene rings is 2. The highest BCUT2D eigenvalue weighted by atomic mass is 35.5. The molecule has 0 aromatic heterocycles. The number of rotatable bonds is 5. The monoisotopic (exact) mass is 344 g/mol. The summed E-state index contributed by atoms with van der Waals surface area (Å²) in [7, 11) is 0. The van der Waals surface area contributed by atoms with Crippen molar-refractivity contribution in [3.63, 3.8) is 0 Å². The van der Waals surface area contributed by atoms with Crippen molar-refractivity contribution < 1.29 is 9.53 Å². The predicted molar refractivity (Wildman–Crippen MR) is 98.1 cm³/mol. The highest BCUT2D eigenvalue weighted by Gasteiger charge is 2.16. The highest BCUT2D eigenvalue weighted by molar-refractivity contribution is 6.30. The number of amides is 1. The Morgan fingerprint density at radius 3 is 2.54 bits per heavy atom. The molecule has 1 heterocycles. The number of nitrogens with one attached hydrogen (secondary N) is 1. The molecule has 2 aromatic carbocycles. The second-order valence-corrected chi connectivity index (χ2v) is 6.38. The molecule has 0 bridgehead atoms. The standard InChI is InChI=1S/C19H21ClN2O2/c1-14(24-18-6-4-5-15(20)13-18)19(23)21-16-7-9-17(10-8-16)22-11-2-3-12-22/h4-10,13-14H,2-3,11-12H2,1H3,(H,21,23). The molecule has 126 valence electrons.